The van der Waals surface area contributed by atoms with Gasteiger partial charge in [0.25, 0.3) is 0 Å². The Hall–Kier alpha value is -0.860. The first-order chi connectivity index (χ1) is 8.35. The highest BCUT2D eigenvalue weighted by Crippen LogP contribution is 2.29. The molecule has 0 bridgehead atoms. The van der Waals surface area contributed by atoms with Gasteiger partial charge in [-0.25, -0.2) is 0 Å². The Morgan fingerprint density at radius 2 is 1.94 bits per heavy atom. The second-order valence-corrected chi connectivity index (χ2v) is 4.97. The van der Waals surface area contributed by atoms with Crippen LogP contribution in [0.4, 0.5) is 0 Å². The van der Waals surface area contributed by atoms with Crippen LogP contribution in [0.15, 0.2) is 24.3 Å². The van der Waals surface area contributed by atoms with E-state index in [1.807, 2.05) is 0 Å². The van der Waals surface area contributed by atoms with Crippen LogP contribution in [0.25, 0.3) is 0 Å². The number of fused-ring (bicyclic) bond motifs is 1. The van der Waals surface area contributed by atoms with Crippen molar-refractivity contribution in [3.05, 3.63) is 35.4 Å². The average Bonchev–Trinajstić information content (AvgIpc) is 2.78. The molecule has 0 amide bonds. The molecule has 2 nitrogen and oxygen atoms in total. The maximum absolute atomic E-state index is 5.13. The van der Waals surface area contributed by atoms with Crippen LogP contribution in [0.5, 0.6) is 0 Å². The summed E-state index contributed by atoms with van der Waals surface area (Å²) in [6, 6.07) is 9.48. The van der Waals surface area contributed by atoms with E-state index in [2.05, 4.69) is 36.6 Å². The normalized spacial score (nSPS) is 17.1. The predicted molar refractivity (Wildman–Crippen MR) is 71.3 cm³/mol. The molecule has 1 aromatic rings. The maximum atomic E-state index is 5.13. The van der Waals surface area contributed by atoms with E-state index in [9.17, 15) is 0 Å². The Morgan fingerprint density at radius 3 is 2.47 bits per heavy atom. The van der Waals surface area contributed by atoms with Gasteiger partial charge in [-0.15, -0.1) is 0 Å². The van der Waals surface area contributed by atoms with E-state index >= 15 is 0 Å². The molecule has 94 valence electrons. The van der Waals surface area contributed by atoms with Gasteiger partial charge in [-0.2, -0.15) is 0 Å². The van der Waals surface area contributed by atoms with Crippen molar-refractivity contribution < 1.29 is 4.74 Å². The molecule has 1 atom stereocenters. The third-order valence-corrected chi connectivity index (χ3v) is 3.89. The first-order valence-electron chi connectivity index (χ1n) is 6.58. The largest absolute Gasteiger partial charge is 0.385 e. The minimum absolute atomic E-state index is 0.623. The van der Waals surface area contributed by atoms with E-state index in [0.29, 0.717) is 6.04 Å². The molecule has 0 aliphatic heterocycles. The minimum atomic E-state index is 0.623. The van der Waals surface area contributed by atoms with Crippen LogP contribution in [0.3, 0.4) is 0 Å². The van der Waals surface area contributed by atoms with Crippen LogP contribution in [0.2, 0.25) is 0 Å². The standard InChI is InChI=1S/C15H23NO/c1-16-15(8-5-9-17-2)14-10-12-6-3-4-7-13(12)11-14/h3-4,6-7,14-16H,5,8-11H2,1-2H3. The fourth-order valence-corrected chi connectivity index (χ4v) is 2.94. The van der Waals surface area contributed by atoms with Gasteiger partial charge in [-0.1, -0.05) is 24.3 Å². The van der Waals surface area contributed by atoms with Gasteiger partial charge in [0.05, 0.1) is 0 Å². The van der Waals surface area contributed by atoms with Crippen molar-refractivity contribution in [1.29, 1.82) is 0 Å². The molecule has 0 saturated carbocycles. The summed E-state index contributed by atoms with van der Waals surface area (Å²) in [6.07, 6.45) is 4.82. The van der Waals surface area contributed by atoms with Crippen LogP contribution in [0, 0.1) is 5.92 Å². The highest BCUT2D eigenvalue weighted by molar-refractivity contribution is 5.32. The molecule has 0 heterocycles. The molecule has 1 unspecified atom stereocenters. The molecule has 2 rings (SSSR count). The zero-order valence-corrected chi connectivity index (χ0v) is 10.9. The molecule has 0 fully saturated rings. The summed E-state index contributed by atoms with van der Waals surface area (Å²) in [4.78, 5) is 0. The van der Waals surface area contributed by atoms with E-state index in [1.54, 1.807) is 18.2 Å². The van der Waals surface area contributed by atoms with Crippen LogP contribution in [-0.4, -0.2) is 26.8 Å². The van der Waals surface area contributed by atoms with E-state index in [-0.39, 0.29) is 0 Å². The number of methoxy groups -OCH3 is 1. The van der Waals surface area contributed by atoms with Crippen LogP contribution in [-0.2, 0) is 17.6 Å². The van der Waals surface area contributed by atoms with Gasteiger partial charge < -0.3 is 10.1 Å². The number of hydrogen-bond acceptors (Lipinski definition) is 2. The van der Waals surface area contributed by atoms with Crippen molar-refractivity contribution in [3.63, 3.8) is 0 Å². The third-order valence-electron chi connectivity index (χ3n) is 3.89. The number of hydrogen-bond donors (Lipinski definition) is 1. The van der Waals surface area contributed by atoms with E-state index in [4.69, 9.17) is 4.74 Å². The zero-order valence-electron chi connectivity index (χ0n) is 10.9. The molecule has 1 N–H and O–H groups in total. The van der Waals surface area contributed by atoms with Gasteiger partial charge in [0.1, 0.15) is 0 Å². The summed E-state index contributed by atoms with van der Waals surface area (Å²) >= 11 is 0. The fraction of sp³-hybridized carbons (Fsp3) is 0.600. The molecule has 1 aliphatic rings. The average molecular weight is 233 g/mol. The summed E-state index contributed by atoms with van der Waals surface area (Å²) in [5.74, 6) is 0.759. The predicted octanol–water partition coefficient (Wildman–Crippen LogP) is 2.42. The van der Waals surface area contributed by atoms with Crippen LogP contribution < -0.4 is 5.32 Å². The quantitative estimate of drug-likeness (QED) is 0.762. The second kappa shape index (κ2) is 6.18. The minimum Gasteiger partial charge on any atom is -0.385 e. The summed E-state index contributed by atoms with van der Waals surface area (Å²) in [7, 11) is 3.86. The topological polar surface area (TPSA) is 21.3 Å². The van der Waals surface area contributed by atoms with Gasteiger partial charge in [0.15, 0.2) is 0 Å². The molecule has 0 saturated heterocycles. The first-order valence-corrected chi connectivity index (χ1v) is 6.58. The molecule has 0 radical (unpaired) electrons. The molecule has 1 aliphatic carbocycles. The van der Waals surface area contributed by atoms with Crippen molar-refractivity contribution in [1.82, 2.24) is 5.32 Å². The van der Waals surface area contributed by atoms with E-state index < -0.39 is 0 Å². The smallest absolute Gasteiger partial charge is 0.0462 e. The van der Waals surface area contributed by atoms with Gasteiger partial charge in [-0.05, 0) is 49.8 Å². The van der Waals surface area contributed by atoms with Crippen molar-refractivity contribution in [2.24, 2.45) is 5.92 Å². The Labute approximate surface area is 104 Å². The zero-order chi connectivity index (χ0) is 12.1. The number of rotatable bonds is 6. The third kappa shape index (κ3) is 3.08. The van der Waals surface area contributed by atoms with Crippen molar-refractivity contribution in [2.75, 3.05) is 20.8 Å². The lowest BCUT2D eigenvalue weighted by Gasteiger charge is -2.22. The molecule has 0 aromatic heterocycles. The lowest BCUT2D eigenvalue weighted by atomic mass is 9.93. The van der Waals surface area contributed by atoms with Crippen LogP contribution in [0.1, 0.15) is 24.0 Å². The lowest BCUT2D eigenvalue weighted by molar-refractivity contribution is 0.184. The van der Waals surface area contributed by atoms with Gasteiger partial charge in [0, 0.05) is 19.8 Å². The summed E-state index contributed by atoms with van der Waals surface area (Å²) < 4.78 is 5.13. The Kier molecular flexibility index (Phi) is 4.57. The summed E-state index contributed by atoms with van der Waals surface area (Å²) in [5, 5.41) is 3.48. The number of nitrogens with one attached hydrogen (secondary N) is 1. The molecule has 1 aromatic carbocycles. The van der Waals surface area contributed by atoms with Gasteiger partial charge >= 0.3 is 0 Å². The van der Waals surface area contributed by atoms with Crippen LogP contribution >= 0.6 is 0 Å². The highest BCUT2D eigenvalue weighted by Gasteiger charge is 2.26. The lowest BCUT2D eigenvalue weighted by Crippen LogP contribution is -2.34. The Bertz CT molecular complexity index is 326. The van der Waals surface area contributed by atoms with Gasteiger partial charge in [-0.3, -0.25) is 0 Å². The first kappa shape index (κ1) is 12.6. The van der Waals surface area contributed by atoms with Crippen molar-refractivity contribution in [2.45, 2.75) is 31.7 Å². The van der Waals surface area contributed by atoms with Crippen molar-refractivity contribution in [3.8, 4) is 0 Å². The maximum Gasteiger partial charge on any atom is 0.0462 e. The molecule has 17 heavy (non-hydrogen) atoms. The van der Waals surface area contributed by atoms with E-state index in [0.717, 1.165) is 18.9 Å². The fourth-order valence-electron chi connectivity index (χ4n) is 2.94. The summed E-state index contributed by atoms with van der Waals surface area (Å²) in [6.45, 7) is 0.873. The van der Waals surface area contributed by atoms with Crippen molar-refractivity contribution >= 4 is 0 Å². The highest BCUT2D eigenvalue weighted by atomic mass is 16.5. The SMILES string of the molecule is CNC(CCCOC)C1Cc2ccccc2C1. The molecular formula is C15H23NO. The van der Waals surface area contributed by atoms with Gasteiger partial charge in [0.2, 0.25) is 0 Å². The molecular weight excluding hydrogens is 210 g/mol. The second-order valence-electron chi connectivity index (χ2n) is 4.97. The molecule has 0 spiro atoms. The number of ether oxygens (including phenoxy) is 1. The number of benzene rings is 1. The molecule has 2 heteroatoms. The van der Waals surface area contributed by atoms with E-state index in [1.165, 1.54) is 19.3 Å². The Morgan fingerprint density at radius 1 is 1.29 bits per heavy atom. The monoisotopic (exact) mass is 233 g/mol. The summed E-state index contributed by atoms with van der Waals surface area (Å²) in [5.41, 5.74) is 3.09. The Balaban J connectivity index is 1.91.